The largest absolute Gasteiger partial charge is 0.354 e. The van der Waals surface area contributed by atoms with E-state index in [1.165, 1.54) is 4.90 Å². The maximum absolute atomic E-state index is 13.5. The highest BCUT2D eigenvalue weighted by Crippen LogP contribution is 2.22. The Morgan fingerprint density at radius 1 is 1.03 bits per heavy atom. The molecule has 0 spiro atoms. The lowest BCUT2D eigenvalue weighted by molar-refractivity contribution is -0.140. The summed E-state index contributed by atoms with van der Waals surface area (Å²) in [5.41, 5.74) is 1.24. The number of halogens is 1. The molecule has 0 saturated carbocycles. The van der Waals surface area contributed by atoms with Crippen molar-refractivity contribution < 1.29 is 18.0 Å². The topological polar surface area (TPSA) is 86.8 Å². The molecule has 2 rings (SSSR count). The van der Waals surface area contributed by atoms with Crippen molar-refractivity contribution in [1.82, 2.24) is 10.2 Å². The van der Waals surface area contributed by atoms with E-state index in [1.807, 2.05) is 51.1 Å². The second kappa shape index (κ2) is 12.2. The second-order valence-corrected chi connectivity index (χ2v) is 11.1. The van der Waals surface area contributed by atoms with E-state index in [4.69, 9.17) is 0 Å². The molecule has 2 amide bonds. The summed E-state index contributed by atoms with van der Waals surface area (Å²) in [5.74, 6) is -0.424. The predicted octanol–water partition coefficient (Wildman–Crippen LogP) is 3.79. The zero-order valence-corrected chi connectivity index (χ0v) is 21.9. The van der Waals surface area contributed by atoms with Gasteiger partial charge in [-0.05, 0) is 42.2 Å². The van der Waals surface area contributed by atoms with Crippen molar-refractivity contribution in [3.63, 3.8) is 0 Å². The van der Waals surface area contributed by atoms with Crippen LogP contribution in [-0.2, 0) is 26.2 Å². The monoisotopic (exact) mass is 537 g/mol. The van der Waals surface area contributed by atoms with Gasteiger partial charge in [0.1, 0.15) is 12.6 Å². The standard InChI is InChI=1S/C24H32BrN3O4S/c1-5-22(24(30)26-15-18(2)3)27(16-19-9-7-6-8-10-19)23(29)17-28(33(4,31)32)21-13-11-20(25)12-14-21/h6-14,18,22H,5,15-17H2,1-4H3,(H,26,30). The number of carbonyl (C=O) groups excluding carboxylic acids is 2. The number of sulfonamides is 1. The number of amides is 2. The van der Waals surface area contributed by atoms with Crippen molar-refractivity contribution in [2.24, 2.45) is 5.92 Å². The van der Waals surface area contributed by atoms with E-state index in [-0.39, 0.29) is 18.4 Å². The minimum Gasteiger partial charge on any atom is -0.354 e. The molecule has 1 unspecified atom stereocenters. The molecule has 180 valence electrons. The van der Waals surface area contributed by atoms with Gasteiger partial charge in [0.15, 0.2) is 0 Å². The van der Waals surface area contributed by atoms with Crippen LogP contribution in [0.4, 0.5) is 5.69 Å². The van der Waals surface area contributed by atoms with Crippen LogP contribution in [0.5, 0.6) is 0 Å². The smallest absolute Gasteiger partial charge is 0.244 e. The SMILES string of the molecule is CCC(C(=O)NCC(C)C)N(Cc1ccccc1)C(=O)CN(c1ccc(Br)cc1)S(C)(=O)=O. The van der Waals surface area contributed by atoms with Crippen LogP contribution in [0.15, 0.2) is 59.1 Å². The van der Waals surface area contributed by atoms with Crippen molar-refractivity contribution in [1.29, 1.82) is 0 Å². The number of rotatable bonds is 11. The lowest BCUT2D eigenvalue weighted by Gasteiger charge is -2.33. The normalized spacial score (nSPS) is 12.3. The summed E-state index contributed by atoms with van der Waals surface area (Å²) in [4.78, 5) is 28.0. The number of carbonyl (C=O) groups is 2. The summed E-state index contributed by atoms with van der Waals surface area (Å²) >= 11 is 3.34. The third kappa shape index (κ3) is 8.16. The number of nitrogens with one attached hydrogen (secondary N) is 1. The minimum atomic E-state index is -3.74. The molecule has 33 heavy (non-hydrogen) atoms. The Hall–Kier alpha value is -2.39. The molecule has 0 aliphatic carbocycles. The lowest BCUT2D eigenvalue weighted by atomic mass is 10.1. The Labute approximate surface area is 205 Å². The van der Waals surface area contributed by atoms with Crippen molar-refractivity contribution in [2.45, 2.75) is 39.8 Å². The van der Waals surface area contributed by atoms with E-state index in [9.17, 15) is 18.0 Å². The van der Waals surface area contributed by atoms with Crippen LogP contribution in [0.1, 0.15) is 32.8 Å². The fourth-order valence-corrected chi connectivity index (χ4v) is 4.46. The first-order chi connectivity index (χ1) is 15.5. The summed E-state index contributed by atoms with van der Waals surface area (Å²) in [6.07, 6.45) is 1.47. The number of hydrogen-bond donors (Lipinski definition) is 1. The minimum absolute atomic E-state index is 0.200. The van der Waals surface area contributed by atoms with E-state index in [2.05, 4.69) is 21.2 Å². The molecule has 0 aromatic heterocycles. The molecule has 1 N–H and O–H groups in total. The van der Waals surface area contributed by atoms with E-state index < -0.39 is 28.5 Å². The van der Waals surface area contributed by atoms with Gasteiger partial charge in [0.25, 0.3) is 0 Å². The first-order valence-corrected chi connectivity index (χ1v) is 13.5. The van der Waals surface area contributed by atoms with E-state index in [1.54, 1.807) is 24.3 Å². The molecule has 9 heteroatoms. The molecule has 2 aromatic carbocycles. The molecule has 1 atom stereocenters. The van der Waals surface area contributed by atoms with E-state index >= 15 is 0 Å². The number of anilines is 1. The fourth-order valence-electron chi connectivity index (χ4n) is 3.34. The molecule has 0 radical (unpaired) electrons. The molecule has 0 aliphatic heterocycles. The predicted molar refractivity (Wildman–Crippen MR) is 135 cm³/mol. The first-order valence-electron chi connectivity index (χ1n) is 10.9. The number of nitrogens with zero attached hydrogens (tertiary/aromatic N) is 2. The highest BCUT2D eigenvalue weighted by Gasteiger charge is 2.31. The summed E-state index contributed by atoms with van der Waals surface area (Å²) in [7, 11) is -3.74. The van der Waals surface area contributed by atoms with Crippen LogP contribution >= 0.6 is 15.9 Å². The van der Waals surface area contributed by atoms with Gasteiger partial charge in [0, 0.05) is 17.6 Å². The maximum atomic E-state index is 13.5. The summed E-state index contributed by atoms with van der Waals surface area (Å²) in [5, 5.41) is 2.91. The first kappa shape index (κ1) is 26.9. The average Bonchev–Trinajstić information content (AvgIpc) is 2.76. The van der Waals surface area contributed by atoms with Crippen molar-refractivity contribution in [2.75, 3.05) is 23.7 Å². The molecule has 2 aromatic rings. The molecular formula is C24H32BrN3O4S. The Bertz CT molecular complexity index is 1030. The third-order valence-corrected chi connectivity index (χ3v) is 6.73. The number of benzene rings is 2. The fraction of sp³-hybridized carbons (Fsp3) is 0.417. The summed E-state index contributed by atoms with van der Waals surface area (Å²) in [6.45, 7) is 6.13. The Kier molecular flexibility index (Phi) is 9.91. The van der Waals surface area contributed by atoms with Crippen LogP contribution < -0.4 is 9.62 Å². The van der Waals surface area contributed by atoms with E-state index in [0.29, 0.717) is 18.7 Å². The van der Waals surface area contributed by atoms with Gasteiger partial charge in [-0.3, -0.25) is 13.9 Å². The van der Waals surface area contributed by atoms with Crippen molar-refractivity contribution >= 4 is 43.5 Å². The molecule has 0 saturated heterocycles. The highest BCUT2D eigenvalue weighted by atomic mass is 79.9. The van der Waals surface area contributed by atoms with Gasteiger partial charge in [-0.1, -0.05) is 67.0 Å². The van der Waals surface area contributed by atoms with Gasteiger partial charge in [0.2, 0.25) is 21.8 Å². The average molecular weight is 539 g/mol. The Balaban J connectivity index is 2.37. The van der Waals surface area contributed by atoms with Crippen LogP contribution in [0, 0.1) is 5.92 Å². The lowest BCUT2D eigenvalue weighted by Crippen LogP contribution is -2.52. The van der Waals surface area contributed by atoms with Gasteiger partial charge in [-0.15, -0.1) is 0 Å². The third-order valence-electron chi connectivity index (χ3n) is 5.06. The maximum Gasteiger partial charge on any atom is 0.244 e. The van der Waals surface area contributed by atoms with Gasteiger partial charge >= 0.3 is 0 Å². The zero-order chi connectivity index (χ0) is 24.6. The summed E-state index contributed by atoms with van der Waals surface area (Å²) < 4.78 is 27.0. The van der Waals surface area contributed by atoms with Crippen molar-refractivity contribution in [3.8, 4) is 0 Å². The van der Waals surface area contributed by atoms with Crippen LogP contribution in [-0.4, -0.2) is 50.5 Å². The second-order valence-electron chi connectivity index (χ2n) is 8.32. The Morgan fingerprint density at radius 3 is 2.15 bits per heavy atom. The highest BCUT2D eigenvalue weighted by molar-refractivity contribution is 9.10. The van der Waals surface area contributed by atoms with Crippen molar-refractivity contribution in [3.05, 3.63) is 64.6 Å². The van der Waals surface area contributed by atoms with Gasteiger partial charge in [-0.2, -0.15) is 0 Å². The molecule has 0 fully saturated rings. The van der Waals surface area contributed by atoms with Gasteiger partial charge < -0.3 is 10.2 Å². The molecular weight excluding hydrogens is 506 g/mol. The summed E-state index contributed by atoms with van der Waals surface area (Å²) in [6, 6.07) is 15.3. The molecule has 0 bridgehead atoms. The van der Waals surface area contributed by atoms with Gasteiger partial charge in [-0.25, -0.2) is 8.42 Å². The zero-order valence-electron chi connectivity index (χ0n) is 19.5. The van der Waals surface area contributed by atoms with Crippen LogP contribution in [0.2, 0.25) is 0 Å². The molecule has 0 heterocycles. The molecule has 7 nitrogen and oxygen atoms in total. The Morgan fingerprint density at radius 2 is 1.64 bits per heavy atom. The number of hydrogen-bond acceptors (Lipinski definition) is 4. The quantitative estimate of drug-likeness (QED) is 0.472. The van der Waals surface area contributed by atoms with E-state index in [0.717, 1.165) is 20.6 Å². The van der Waals surface area contributed by atoms with Gasteiger partial charge in [0.05, 0.1) is 11.9 Å². The van der Waals surface area contributed by atoms with Crippen LogP contribution in [0.25, 0.3) is 0 Å². The molecule has 0 aliphatic rings. The van der Waals surface area contributed by atoms with Crippen LogP contribution in [0.3, 0.4) is 0 Å².